The molecule has 0 saturated carbocycles. The molecule has 116 valence electrons. The molecule has 1 aliphatic carbocycles. The van der Waals surface area contributed by atoms with Crippen LogP contribution >= 0.6 is 0 Å². The summed E-state index contributed by atoms with van der Waals surface area (Å²) in [5.74, 6) is 0.435. The standard InChI is InChI=1S/C21H21NO/c1-14-6-2-4-8-17(14)20-16(12-22)13-23-19-11-10-15-7-3-5-9-18(15)21(19)20/h2-9,16,19-21H,10-11,13H2,1H3. The van der Waals surface area contributed by atoms with Gasteiger partial charge in [0, 0.05) is 11.8 Å². The van der Waals surface area contributed by atoms with Crippen molar-refractivity contribution in [1.82, 2.24) is 0 Å². The third-order valence-electron chi connectivity index (χ3n) is 5.54. The average molecular weight is 303 g/mol. The number of nitrogens with zero attached hydrogens (tertiary/aromatic N) is 1. The van der Waals surface area contributed by atoms with Crippen LogP contribution in [-0.2, 0) is 11.2 Å². The van der Waals surface area contributed by atoms with Gasteiger partial charge in [0.2, 0.25) is 0 Å². The Morgan fingerprint density at radius 1 is 1.00 bits per heavy atom. The van der Waals surface area contributed by atoms with Crippen LogP contribution in [0.4, 0.5) is 0 Å². The van der Waals surface area contributed by atoms with E-state index in [0.29, 0.717) is 12.5 Å². The number of aryl methyl sites for hydroxylation is 2. The maximum absolute atomic E-state index is 9.72. The zero-order valence-electron chi connectivity index (χ0n) is 13.4. The van der Waals surface area contributed by atoms with Gasteiger partial charge >= 0.3 is 0 Å². The Balaban J connectivity index is 1.87. The van der Waals surface area contributed by atoms with Gasteiger partial charge in [-0.15, -0.1) is 0 Å². The van der Waals surface area contributed by atoms with Gasteiger partial charge in [0.05, 0.1) is 24.7 Å². The van der Waals surface area contributed by atoms with Crippen LogP contribution in [0.3, 0.4) is 0 Å². The van der Waals surface area contributed by atoms with Crippen molar-refractivity contribution in [2.45, 2.75) is 37.7 Å². The van der Waals surface area contributed by atoms with Gasteiger partial charge in [-0.3, -0.25) is 0 Å². The second kappa shape index (κ2) is 5.83. The highest BCUT2D eigenvalue weighted by Gasteiger charge is 2.44. The first-order chi connectivity index (χ1) is 11.3. The molecule has 1 fully saturated rings. The van der Waals surface area contributed by atoms with Gasteiger partial charge in [-0.05, 0) is 42.0 Å². The third kappa shape index (κ3) is 2.36. The van der Waals surface area contributed by atoms with Gasteiger partial charge < -0.3 is 4.74 Å². The molecule has 0 amide bonds. The summed E-state index contributed by atoms with van der Waals surface area (Å²) in [5, 5.41) is 9.72. The zero-order valence-corrected chi connectivity index (χ0v) is 13.4. The highest BCUT2D eigenvalue weighted by molar-refractivity contribution is 5.41. The van der Waals surface area contributed by atoms with Crippen LogP contribution in [0.1, 0.15) is 40.5 Å². The van der Waals surface area contributed by atoms with E-state index >= 15 is 0 Å². The Kier molecular flexibility index (Phi) is 3.67. The molecule has 2 aliphatic rings. The van der Waals surface area contributed by atoms with Crippen LogP contribution in [0.2, 0.25) is 0 Å². The van der Waals surface area contributed by atoms with E-state index in [4.69, 9.17) is 4.74 Å². The number of benzene rings is 2. The van der Waals surface area contributed by atoms with Crippen LogP contribution in [0.5, 0.6) is 0 Å². The summed E-state index contributed by atoms with van der Waals surface area (Å²) in [7, 11) is 0. The molecule has 2 heteroatoms. The number of hydrogen-bond donors (Lipinski definition) is 0. The molecular formula is C21H21NO. The van der Waals surface area contributed by atoms with E-state index in [1.165, 1.54) is 22.3 Å². The first kappa shape index (κ1) is 14.5. The minimum atomic E-state index is -0.0801. The summed E-state index contributed by atoms with van der Waals surface area (Å²) in [4.78, 5) is 0. The van der Waals surface area contributed by atoms with Crippen LogP contribution in [-0.4, -0.2) is 12.7 Å². The lowest BCUT2D eigenvalue weighted by Gasteiger charge is -2.45. The fraction of sp³-hybridized carbons (Fsp3) is 0.381. The predicted molar refractivity (Wildman–Crippen MR) is 90.3 cm³/mol. The quantitative estimate of drug-likeness (QED) is 0.785. The number of hydrogen-bond acceptors (Lipinski definition) is 2. The molecule has 1 saturated heterocycles. The summed E-state index contributed by atoms with van der Waals surface area (Å²) in [6.45, 7) is 2.71. The maximum Gasteiger partial charge on any atom is 0.0772 e. The summed E-state index contributed by atoms with van der Waals surface area (Å²) < 4.78 is 6.11. The predicted octanol–water partition coefficient (Wildman–Crippen LogP) is 4.35. The topological polar surface area (TPSA) is 33.0 Å². The molecule has 1 aliphatic heterocycles. The highest BCUT2D eigenvalue weighted by atomic mass is 16.5. The van der Waals surface area contributed by atoms with E-state index < -0.39 is 0 Å². The minimum Gasteiger partial charge on any atom is -0.376 e. The van der Waals surface area contributed by atoms with Crippen molar-refractivity contribution in [3.05, 3.63) is 70.8 Å². The van der Waals surface area contributed by atoms with Crippen LogP contribution in [0, 0.1) is 24.2 Å². The number of ether oxygens (including phenoxy) is 1. The van der Waals surface area contributed by atoms with Gasteiger partial charge in [-0.25, -0.2) is 0 Å². The summed E-state index contributed by atoms with van der Waals surface area (Å²) >= 11 is 0. The van der Waals surface area contributed by atoms with E-state index in [1.807, 2.05) is 0 Å². The number of rotatable bonds is 1. The monoisotopic (exact) mass is 303 g/mol. The lowest BCUT2D eigenvalue weighted by Crippen LogP contribution is -2.41. The van der Waals surface area contributed by atoms with Crippen molar-refractivity contribution in [1.29, 1.82) is 5.26 Å². The van der Waals surface area contributed by atoms with E-state index in [9.17, 15) is 5.26 Å². The molecule has 2 nitrogen and oxygen atoms in total. The molecule has 0 N–H and O–H groups in total. The molecule has 23 heavy (non-hydrogen) atoms. The van der Waals surface area contributed by atoms with Gasteiger partial charge in [-0.1, -0.05) is 48.5 Å². The highest BCUT2D eigenvalue weighted by Crippen LogP contribution is 2.50. The van der Waals surface area contributed by atoms with Gasteiger partial charge in [0.15, 0.2) is 0 Å². The molecule has 4 unspecified atom stereocenters. The molecule has 2 aromatic carbocycles. The van der Waals surface area contributed by atoms with Crippen molar-refractivity contribution in [3.63, 3.8) is 0 Å². The zero-order chi connectivity index (χ0) is 15.8. The molecule has 2 aromatic rings. The Hall–Kier alpha value is -2.11. The average Bonchev–Trinajstić information content (AvgIpc) is 2.61. The number of nitriles is 1. The molecule has 4 rings (SSSR count). The molecular weight excluding hydrogens is 282 g/mol. The van der Waals surface area contributed by atoms with E-state index in [1.54, 1.807) is 0 Å². The van der Waals surface area contributed by atoms with Crippen molar-refractivity contribution in [2.75, 3.05) is 6.61 Å². The Bertz CT molecular complexity index is 760. The van der Waals surface area contributed by atoms with Crippen LogP contribution in [0.25, 0.3) is 0 Å². The fourth-order valence-corrected chi connectivity index (χ4v) is 4.45. The largest absolute Gasteiger partial charge is 0.376 e. The van der Waals surface area contributed by atoms with E-state index in [0.717, 1.165) is 12.8 Å². The first-order valence-electron chi connectivity index (χ1n) is 8.44. The molecule has 0 bridgehead atoms. The number of fused-ring (bicyclic) bond motifs is 3. The molecule has 4 atom stereocenters. The molecule has 0 spiro atoms. The van der Waals surface area contributed by atoms with Crippen LogP contribution < -0.4 is 0 Å². The van der Waals surface area contributed by atoms with Gasteiger partial charge in [0.25, 0.3) is 0 Å². The molecule has 0 aromatic heterocycles. The lowest BCUT2D eigenvalue weighted by molar-refractivity contribution is -0.0386. The van der Waals surface area contributed by atoms with Crippen molar-refractivity contribution >= 4 is 0 Å². The van der Waals surface area contributed by atoms with Crippen molar-refractivity contribution in [2.24, 2.45) is 5.92 Å². The van der Waals surface area contributed by atoms with Crippen LogP contribution in [0.15, 0.2) is 48.5 Å². The second-order valence-electron chi connectivity index (χ2n) is 6.75. The Labute approximate surface area is 137 Å². The lowest BCUT2D eigenvalue weighted by atomic mass is 9.65. The van der Waals surface area contributed by atoms with E-state index in [-0.39, 0.29) is 17.9 Å². The maximum atomic E-state index is 9.72. The van der Waals surface area contributed by atoms with Crippen molar-refractivity contribution in [3.8, 4) is 6.07 Å². The SMILES string of the molecule is Cc1ccccc1C1C(C#N)COC2CCc3ccccc3C21. The summed E-state index contributed by atoms with van der Waals surface area (Å²) in [6, 6.07) is 19.7. The van der Waals surface area contributed by atoms with Gasteiger partial charge in [0.1, 0.15) is 0 Å². The van der Waals surface area contributed by atoms with Crippen molar-refractivity contribution < 1.29 is 4.74 Å². The summed E-state index contributed by atoms with van der Waals surface area (Å²) in [6.07, 6.45) is 2.37. The molecule has 0 radical (unpaired) electrons. The molecule has 1 heterocycles. The normalized spacial score (nSPS) is 29.2. The first-order valence-corrected chi connectivity index (χ1v) is 8.44. The third-order valence-corrected chi connectivity index (χ3v) is 5.54. The Morgan fingerprint density at radius 3 is 2.52 bits per heavy atom. The summed E-state index contributed by atoms with van der Waals surface area (Å²) in [5.41, 5.74) is 5.40. The van der Waals surface area contributed by atoms with E-state index in [2.05, 4.69) is 61.5 Å². The second-order valence-corrected chi connectivity index (χ2v) is 6.75. The van der Waals surface area contributed by atoms with Gasteiger partial charge in [-0.2, -0.15) is 5.26 Å². The Morgan fingerprint density at radius 2 is 1.74 bits per heavy atom. The minimum absolute atomic E-state index is 0.0801. The smallest absolute Gasteiger partial charge is 0.0772 e. The fourth-order valence-electron chi connectivity index (χ4n) is 4.45.